The molecule has 9 aromatic carbocycles. The first-order chi connectivity index (χ1) is 67.6. The van der Waals surface area contributed by atoms with Crippen LogP contribution in [0.4, 0.5) is 0 Å². The van der Waals surface area contributed by atoms with Crippen LogP contribution in [-0.2, 0) is 0 Å². The Bertz CT molecular complexity index is 6840. The zero-order valence-corrected chi connectivity index (χ0v) is 86.5. The number of halogens is 1. The van der Waals surface area contributed by atoms with Crippen molar-refractivity contribution >= 4 is 109 Å². The van der Waals surface area contributed by atoms with Gasteiger partial charge in [0.05, 0.1) is 99.3 Å². The second kappa shape index (κ2) is 53.9. The molecule has 0 atom stereocenters. The number of ether oxygens (including phenoxy) is 13. The van der Waals surface area contributed by atoms with Crippen LogP contribution in [0.2, 0.25) is 5.02 Å². The summed E-state index contributed by atoms with van der Waals surface area (Å²) < 4.78 is 72.4. The lowest BCUT2D eigenvalue weighted by Crippen LogP contribution is -2.07. The van der Waals surface area contributed by atoms with Gasteiger partial charge in [-0.15, -0.1) is 0 Å². The van der Waals surface area contributed by atoms with Crippen molar-refractivity contribution in [3.8, 4) is 81.7 Å². The number of phenols is 1. The molecule has 0 aliphatic carbocycles. The van der Waals surface area contributed by atoms with Gasteiger partial charge in [0.2, 0.25) is 52.9 Å². The monoisotopic (exact) mass is 1920 g/mol. The van der Waals surface area contributed by atoms with Crippen LogP contribution in [0.3, 0.4) is 0 Å². The Balaban J connectivity index is 0.000000163. The summed E-state index contributed by atoms with van der Waals surface area (Å²) in [4.78, 5) is 38.2. The molecule has 738 valence electrons. The minimum Gasteiger partial charge on any atom is -0.508 e. The van der Waals surface area contributed by atoms with Crippen molar-refractivity contribution < 1.29 is 66.7 Å². The zero-order valence-electron chi connectivity index (χ0n) is 85.7. The summed E-state index contributed by atoms with van der Waals surface area (Å²) in [6, 6.07) is 73.0. The number of pyridine rings is 9. The molecule has 0 aliphatic heterocycles. The van der Waals surface area contributed by atoms with E-state index in [4.69, 9.17) is 73.2 Å². The molecule has 0 bridgehead atoms. The number of rotatable bonds is 24. The lowest BCUT2D eigenvalue weighted by atomic mass is 10.1. The van der Waals surface area contributed by atoms with E-state index in [1.807, 2.05) is 334 Å². The summed E-state index contributed by atoms with van der Waals surface area (Å²) in [6.07, 6.45) is 17.0. The van der Waals surface area contributed by atoms with Crippen LogP contribution in [-0.4, -0.2) is 132 Å². The number of aryl methyl sites for hydroxylation is 2. The van der Waals surface area contributed by atoms with Gasteiger partial charge in [0, 0.05) is 103 Å². The fraction of sp³-hybridized carbons (Fsp3) is 0.308. The molecule has 0 saturated carbocycles. The maximum absolute atomic E-state index is 9.34. The van der Waals surface area contributed by atoms with Gasteiger partial charge in [0.1, 0.15) is 28.7 Å². The Morgan fingerprint density at radius 1 is 0.248 bits per heavy atom. The Hall–Kier alpha value is -14.8. The number of aromatic hydroxyl groups is 1. The molecule has 9 heterocycles. The molecule has 0 fully saturated rings. The Labute approximate surface area is 834 Å². The minimum atomic E-state index is 0.0944. The summed E-state index contributed by atoms with van der Waals surface area (Å²) in [6.45, 7) is 46.7. The van der Waals surface area contributed by atoms with E-state index < -0.39 is 0 Å². The number of methoxy groups -OCH3 is 2. The maximum Gasteiger partial charge on any atom is 0.221 e. The van der Waals surface area contributed by atoms with Gasteiger partial charge >= 0.3 is 0 Å². The molecule has 24 heteroatoms. The molecule has 23 nitrogen and oxygen atoms in total. The van der Waals surface area contributed by atoms with Gasteiger partial charge in [-0.2, -0.15) is 0 Å². The molecule has 0 aliphatic rings. The van der Waals surface area contributed by atoms with Crippen LogP contribution in [0.25, 0.3) is 97.0 Å². The smallest absolute Gasteiger partial charge is 0.221 e. The van der Waals surface area contributed by atoms with E-state index in [9.17, 15) is 5.11 Å². The van der Waals surface area contributed by atoms with E-state index in [1.54, 1.807) is 75.9 Å². The summed E-state index contributed by atoms with van der Waals surface area (Å²) in [5.74, 6) is 9.74. The largest absolute Gasteiger partial charge is 0.508 e. The maximum atomic E-state index is 9.34. The van der Waals surface area contributed by atoms with Crippen molar-refractivity contribution in [3.05, 3.63) is 296 Å². The van der Waals surface area contributed by atoms with E-state index in [1.165, 1.54) is 21.9 Å². The number of hydrogen-bond acceptors (Lipinski definition) is 23. The summed E-state index contributed by atoms with van der Waals surface area (Å²) in [5.41, 5.74) is 2.44. The number of phenolic OH excluding ortho intramolecular Hbond substituents is 1. The quantitative estimate of drug-likeness (QED) is 0.0590. The number of fused-ring (bicyclic) bond motifs is 9. The highest BCUT2D eigenvalue weighted by Crippen LogP contribution is 2.37. The summed E-state index contributed by atoms with van der Waals surface area (Å²) in [7, 11) is 3.31. The van der Waals surface area contributed by atoms with Gasteiger partial charge in [-0.25, -0.2) is 44.9 Å². The van der Waals surface area contributed by atoms with Gasteiger partial charge in [0.15, 0.2) is 0 Å². The van der Waals surface area contributed by atoms with Crippen molar-refractivity contribution in [2.24, 2.45) is 0 Å². The Morgan fingerprint density at radius 2 is 0.532 bits per heavy atom. The number of benzene rings is 9. The summed E-state index contributed by atoms with van der Waals surface area (Å²) >= 11 is 6.05. The molecule has 1 N–H and O–H groups in total. The topological polar surface area (TPSA) is 256 Å². The zero-order chi connectivity index (χ0) is 102. The molecule has 0 amide bonds. The molecule has 0 saturated heterocycles. The van der Waals surface area contributed by atoms with E-state index in [2.05, 4.69) is 89.0 Å². The molecule has 9 aromatic heterocycles. The van der Waals surface area contributed by atoms with Gasteiger partial charge in [0.25, 0.3) is 0 Å². The normalized spacial score (nSPS) is 10.9. The van der Waals surface area contributed by atoms with Gasteiger partial charge in [-0.05, 0) is 342 Å². The Kier molecular flexibility index (Phi) is 41.4. The first kappa shape index (κ1) is 108. The third kappa shape index (κ3) is 32.9. The van der Waals surface area contributed by atoms with Crippen LogP contribution in [0.5, 0.6) is 81.7 Å². The van der Waals surface area contributed by atoms with Crippen molar-refractivity contribution in [2.75, 3.05) is 20.8 Å². The fourth-order valence-corrected chi connectivity index (χ4v) is 14.4. The third-order valence-electron chi connectivity index (χ3n) is 20.0. The average Bonchev–Trinajstić information content (AvgIpc) is 0.789. The fourth-order valence-electron chi connectivity index (χ4n) is 14.2. The average molecular weight is 1930 g/mol. The molecular formula is C117H134ClN9O14. The van der Waals surface area contributed by atoms with Gasteiger partial charge < -0.3 is 66.7 Å². The number of hydrogen-bond donors (Lipinski definition) is 1. The number of nitrogens with zero attached hydrogens (tertiary/aromatic N) is 9. The van der Waals surface area contributed by atoms with Gasteiger partial charge in [-0.3, -0.25) is 0 Å². The minimum absolute atomic E-state index is 0.0944. The first-order valence-electron chi connectivity index (χ1n) is 47.7. The van der Waals surface area contributed by atoms with Crippen molar-refractivity contribution in [3.63, 3.8) is 0 Å². The first-order valence-corrected chi connectivity index (χ1v) is 48.1. The predicted octanol–water partition coefficient (Wildman–Crippen LogP) is 29.4. The molecule has 18 aromatic rings. The van der Waals surface area contributed by atoms with Crippen LogP contribution >= 0.6 is 11.6 Å². The van der Waals surface area contributed by atoms with E-state index >= 15 is 0 Å². The van der Waals surface area contributed by atoms with E-state index in [-0.39, 0.29) is 66.8 Å². The highest BCUT2D eigenvalue weighted by atomic mass is 35.5. The Morgan fingerprint density at radius 3 is 0.929 bits per heavy atom. The van der Waals surface area contributed by atoms with Crippen molar-refractivity contribution in [2.45, 2.75) is 220 Å². The summed E-state index contributed by atoms with van der Waals surface area (Å²) in [5, 5.41) is 28.9. The molecule has 141 heavy (non-hydrogen) atoms. The highest BCUT2D eigenvalue weighted by molar-refractivity contribution is 6.35. The van der Waals surface area contributed by atoms with Gasteiger partial charge in [-0.1, -0.05) is 102 Å². The van der Waals surface area contributed by atoms with Crippen LogP contribution in [0.1, 0.15) is 157 Å². The van der Waals surface area contributed by atoms with E-state index in [0.717, 1.165) is 127 Å². The highest BCUT2D eigenvalue weighted by Gasteiger charge is 2.17. The van der Waals surface area contributed by atoms with Crippen LogP contribution in [0, 0.1) is 13.8 Å². The predicted molar refractivity (Wildman–Crippen MR) is 574 cm³/mol. The second-order valence-corrected chi connectivity index (χ2v) is 35.8. The lowest BCUT2D eigenvalue weighted by Gasteiger charge is -2.13. The molecular weight excluding hydrogens is 1790 g/mol. The molecule has 18 rings (SSSR count). The third-order valence-corrected chi connectivity index (χ3v) is 20.3. The molecule has 0 unspecified atom stereocenters. The molecule has 0 spiro atoms. The van der Waals surface area contributed by atoms with Crippen molar-refractivity contribution in [1.82, 2.24) is 44.9 Å². The lowest BCUT2D eigenvalue weighted by molar-refractivity contribution is 0.235. The van der Waals surface area contributed by atoms with Crippen LogP contribution < -0.4 is 61.6 Å². The molecule has 0 radical (unpaired) electrons. The van der Waals surface area contributed by atoms with E-state index in [0.29, 0.717) is 46.9 Å². The second-order valence-electron chi connectivity index (χ2n) is 35.4. The van der Waals surface area contributed by atoms with Crippen LogP contribution in [0.15, 0.2) is 280 Å². The van der Waals surface area contributed by atoms with Crippen molar-refractivity contribution in [1.29, 1.82) is 0 Å². The number of aromatic nitrogens is 9. The SMILES string of the molecule is CC(C)Oc1ccc2c(OC(C)C)nccc2c1.CC(C)Oc1ncc(Cl)c2ccccc12.CC(C)Oc1nccc2cc(O)ccc12.CC(C)Oc1nccc2ccccc12.CCOc1ccc2c(OC(C)C)nccc2c1.COc1ccc2c(OC(C)C)nccc2c1.COc1cnc(OC(C)C)c2ccccc12.Cc1ccc2c(OC(C)C)nccc2c1.Cc1cnc(OC(C)C)c2ccccc12. The standard InChI is InChI=1S/C15H19NO2.C14H17NO2.2C13H15NO2.2C13H15NO.C12H12ClNO.C12H13NO2.C12H13NO/c1-10(2)17-13-5-6-14-12(9-13)7-8-16-15(14)18-11(3)4;1-4-16-12-5-6-13-11(9-12)7-8-15-14(13)17-10(2)3;1-9(2)16-13-12-5-4-11(15-3)8-10(12)6-7-14-13;1-9(2)16-13-11-7-5-4-6-10(11)12(15-3)8-14-13;1-9(2)15-13-12-5-4-10(3)8-11(12)6-7-14-13;1-9(2)15-13-12-7-5-4-6-11(12)10(3)8-14-13;1-8(2)15-12-10-6-4-3-5-9(10)11(13)7-14-12;1-8(2)15-12-11-4-3-10(14)7-9(11)5-6-13-12;1-9(2)14-12-11-6-4-3-5-10(11)7-8-13-12/h5-11H,1-4H3;5-10H,4H2,1-3H3;2*4-9H,1-3H3;2*4-9H,1-3H3;3-8H,1-2H3;3-8,14H,1-2H3;3-9H,1-2H3.